The molecule has 1 amide bonds. The summed E-state index contributed by atoms with van der Waals surface area (Å²) in [6.07, 6.45) is 0. The molecule has 0 fully saturated rings. The van der Waals surface area contributed by atoms with Crippen molar-refractivity contribution >= 4 is 16.9 Å². The van der Waals surface area contributed by atoms with E-state index in [0.717, 1.165) is 28.2 Å². The zero-order chi connectivity index (χ0) is 18.7. The Morgan fingerprint density at radius 1 is 1.19 bits per heavy atom. The number of nitrogens with zero attached hydrogens (tertiary/aromatic N) is 3. The van der Waals surface area contributed by atoms with Crippen molar-refractivity contribution in [1.29, 1.82) is 0 Å². The highest BCUT2D eigenvalue weighted by molar-refractivity contribution is 5.76. The largest absolute Gasteiger partial charge is 0.491 e. The van der Waals surface area contributed by atoms with Gasteiger partial charge >= 0.3 is 0 Å². The van der Waals surface area contributed by atoms with Crippen LogP contribution in [-0.2, 0) is 17.9 Å². The topological polar surface area (TPSA) is 47.4 Å². The molecule has 26 heavy (non-hydrogen) atoms. The van der Waals surface area contributed by atoms with Gasteiger partial charge in [-0.3, -0.25) is 4.79 Å². The first-order valence-corrected chi connectivity index (χ1v) is 8.81. The van der Waals surface area contributed by atoms with Crippen molar-refractivity contribution in [2.75, 3.05) is 13.7 Å². The van der Waals surface area contributed by atoms with E-state index in [9.17, 15) is 4.79 Å². The van der Waals surface area contributed by atoms with E-state index in [2.05, 4.69) is 36.6 Å². The third kappa shape index (κ3) is 3.87. The average Bonchev–Trinajstić information content (AvgIpc) is 2.94. The van der Waals surface area contributed by atoms with E-state index in [-0.39, 0.29) is 5.91 Å². The summed E-state index contributed by atoms with van der Waals surface area (Å²) < 4.78 is 8.13. The number of carbonyl (C=O) groups is 1. The zero-order valence-electron chi connectivity index (χ0n) is 15.8. The van der Waals surface area contributed by atoms with Gasteiger partial charge in [-0.15, -0.1) is 0 Å². The average molecular weight is 351 g/mol. The highest BCUT2D eigenvalue weighted by Gasteiger charge is 2.14. The molecule has 0 saturated carbocycles. The minimum atomic E-state index is 0.0233. The molecule has 3 rings (SSSR count). The maximum absolute atomic E-state index is 11.6. The fraction of sp³-hybridized carbons (Fsp3) is 0.333. The standard InChI is InChI=1S/C21H25N3O2/c1-15-9-10-20(16(2)13-15)26-12-11-24-19-8-6-5-7-18(19)22-21(24)14-23(4)17(3)25/h5-10,13H,11-12,14H2,1-4H3. The SMILES string of the molecule is CC(=O)N(C)Cc1nc2ccccc2n1CCOc1ccc(C)cc1C. The molecule has 5 heteroatoms. The maximum atomic E-state index is 11.6. The Hall–Kier alpha value is -2.82. The van der Waals surface area contributed by atoms with E-state index in [1.165, 1.54) is 5.56 Å². The summed E-state index contributed by atoms with van der Waals surface area (Å²) in [6.45, 7) is 7.40. The van der Waals surface area contributed by atoms with E-state index in [4.69, 9.17) is 9.72 Å². The van der Waals surface area contributed by atoms with Gasteiger partial charge in [0.25, 0.3) is 0 Å². The molecule has 1 aromatic heterocycles. The van der Waals surface area contributed by atoms with Crippen LogP contribution in [0.3, 0.4) is 0 Å². The quantitative estimate of drug-likeness (QED) is 0.680. The normalized spacial score (nSPS) is 10.9. The summed E-state index contributed by atoms with van der Waals surface area (Å²) in [6, 6.07) is 14.2. The zero-order valence-corrected chi connectivity index (χ0v) is 15.8. The minimum absolute atomic E-state index is 0.0233. The Labute approximate surface area is 154 Å². The number of rotatable bonds is 6. The van der Waals surface area contributed by atoms with E-state index >= 15 is 0 Å². The van der Waals surface area contributed by atoms with Gasteiger partial charge in [-0.25, -0.2) is 4.98 Å². The minimum Gasteiger partial charge on any atom is -0.491 e. The van der Waals surface area contributed by atoms with Gasteiger partial charge in [0.1, 0.15) is 18.2 Å². The molecule has 5 nitrogen and oxygen atoms in total. The molecule has 0 aliphatic rings. The van der Waals surface area contributed by atoms with Crippen LogP contribution < -0.4 is 4.74 Å². The number of benzene rings is 2. The Bertz CT molecular complexity index is 930. The third-order valence-electron chi connectivity index (χ3n) is 4.55. The molecular formula is C21H25N3O2. The molecular weight excluding hydrogens is 326 g/mol. The van der Waals surface area contributed by atoms with Gasteiger partial charge in [0.15, 0.2) is 0 Å². The molecule has 0 radical (unpaired) electrons. The lowest BCUT2D eigenvalue weighted by atomic mass is 10.1. The molecule has 136 valence electrons. The van der Waals surface area contributed by atoms with Crippen LogP contribution in [0.4, 0.5) is 0 Å². The van der Waals surface area contributed by atoms with E-state index in [0.29, 0.717) is 19.7 Å². The fourth-order valence-corrected chi connectivity index (χ4v) is 3.03. The third-order valence-corrected chi connectivity index (χ3v) is 4.55. The molecule has 0 unspecified atom stereocenters. The van der Waals surface area contributed by atoms with Crippen LogP contribution in [0.5, 0.6) is 5.75 Å². The summed E-state index contributed by atoms with van der Waals surface area (Å²) in [4.78, 5) is 18.0. The van der Waals surface area contributed by atoms with Crippen LogP contribution in [0.15, 0.2) is 42.5 Å². The van der Waals surface area contributed by atoms with Gasteiger partial charge in [-0.05, 0) is 37.6 Å². The summed E-state index contributed by atoms with van der Waals surface area (Å²) in [5.74, 6) is 1.80. The molecule has 2 aromatic carbocycles. The number of carbonyl (C=O) groups excluding carboxylic acids is 1. The first-order valence-electron chi connectivity index (χ1n) is 8.81. The molecule has 0 spiro atoms. The van der Waals surface area contributed by atoms with Gasteiger partial charge in [0.05, 0.1) is 24.1 Å². The summed E-state index contributed by atoms with van der Waals surface area (Å²) >= 11 is 0. The number of imidazole rings is 1. The van der Waals surface area contributed by atoms with Crippen LogP contribution in [0.25, 0.3) is 11.0 Å². The molecule has 0 N–H and O–H groups in total. The Kier molecular flexibility index (Phi) is 5.26. The van der Waals surface area contributed by atoms with Gasteiger partial charge < -0.3 is 14.2 Å². The number of aromatic nitrogens is 2. The van der Waals surface area contributed by atoms with Gasteiger partial charge in [0, 0.05) is 14.0 Å². The Morgan fingerprint density at radius 3 is 2.69 bits per heavy atom. The fourth-order valence-electron chi connectivity index (χ4n) is 3.03. The highest BCUT2D eigenvalue weighted by Crippen LogP contribution is 2.20. The lowest BCUT2D eigenvalue weighted by molar-refractivity contribution is -0.128. The molecule has 0 bridgehead atoms. The van der Waals surface area contributed by atoms with E-state index in [1.807, 2.05) is 24.3 Å². The number of ether oxygens (including phenoxy) is 1. The van der Waals surface area contributed by atoms with Crippen molar-refractivity contribution in [1.82, 2.24) is 14.5 Å². The lowest BCUT2D eigenvalue weighted by Crippen LogP contribution is -2.25. The molecule has 3 aromatic rings. The monoisotopic (exact) mass is 351 g/mol. The number of hydrogen-bond acceptors (Lipinski definition) is 3. The molecule has 0 saturated heterocycles. The first kappa shape index (κ1) is 18.0. The van der Waals surface area contributed by atoms with Crippen LogP contribution in [0, 0.1) is 13.8 Å². The summed E-state index contributed by atoms with van der Waals surface area (Å²) in [5, 5.41) is 0. The van der Waals surface area contributed by atoms with Gasteiger partial charge in [-0.1, -0.05) is 29.8 Å². The second-order valence-electron chi connectivity index (χ2n) is 6.66. The molecule has 0 aliphatic carbocycles. The number of amides is 1. The molecule has 0 atom stereocenters. The van der Waals surface area contributed by atoms with Crippen molar-refractivity contribution in [3.8, 4) is 5.75 Å². The second kappa shape index (κ2) is 7.60. The predicted octanol–water partition coefficient (Wildman–Crippen LogP) is 3.71. The van der Waals surface area contributed by atoms with Crippen molar-refractivity contribution in [3.05, 3.63) is 59.4 Å². The van der Waals surface area contributed by atoms with Crippen molar-refractivity contribution in [3.63, 3.8) is 0 Å². The van der Waals surface area contributed by atoms with Crippen LogP contribution in [0.2, 0.25) is 0 Å². The predicted molar refractivity (Wildman–Crippen MR) is 103 cm³/mol. The number of para-hydroxylation sites is 2. The van der Waals surface area contributed by atoms with Crippen LogP contribution >= 0.6 is 0 Å². The second-order valence-corrected chi connectivity index (χ2v) is 6.66. The maximum Gasteiger partial charge on any atom is 0.219 e. The molecule has 0 aliphatic heterocycles. The summed E-state index contributed by atoms with van der Waals surface area (Å²) in [5.41, 5.74) is 4.36. The number of fused-ring (bicyclic) bond motifs is 1. The molecule has 1 heterocycles. The van der Waals surface area contributed by atoms with E-state index in [1.54, 1.807) is 18.9 Å². The lowest BCUT2D eigenvalue weighted by Gasteiger charge is -2.16. The number of hydrogen-bond donors (Lipinski definition) is 0. The number of aryl methyl sites for hydroxylation is 2. The van der Waals surface area contributed by atoms with Crippen LogP contribution in [0.1, 0.15) is 23.9 Å². The van der Waals surface area contributed by atoms with Crippen molar-refractivity contribution < 1.29 is 9.53 Å². The van der Waals surface area contributed by atoms with Gasteiger partial charge in [-0.2, -0.15) is 0 Å². The van der Waals surface area contributed by atoms with Crippen molar-refractivity contribution in [2.45, 2.75) is 33.9 Å². The Morgan fingerprint density at radius 2 is 1.96 bits per heavy atom. The smallest absolute Gasteiger partial charge is 0.219 e. The Balaban J connectivity index is 1.80. The first-order chi connectivity index (χ1) is 12.5. The highest BCUT2D eigenvalue weighted by atomic mass is 16.5. The van der Waals surface area contributed by atoms with E-state index < -0.39 is 0 Å². The van der Waals surface area contributed by atoms with Crippen molar-refractivity contribution in [2.24, 2.45) is 0 Å². The van der Waals surface area contributed by atoms with Gasteiger partial charge in [0.2, 0.25) is 5.91 Å². The summed E-state index contributed by atoms with van der Waals surface area (Å²) in [7, 11) is 1.79. The van der Waals surface area contributed by atoms with Crippen LogP contribution in [-0.4, -0.2) is 34.0 Å².